The van der Waals surface area contributed by atoms with Crippen LogP contribution in [0.5, 0.6) is 11.5 Å². The van der Waals surface area contributed by atoms with Gasteiger partial charge in [-0.15, -0.1) is 0 Å². The van der Waals surface area contributed by atoms with Crippen molar-refractivity contribution in [1.82, 2.24) is 4.90 Å². The fourth-order valence-electron chi connectivity index (χ4n) is 4.70. The van der Waals surface area contributed by atoms with Crippen molar-refractivity contribution in [2.45, 2.75) is 44.6 Å². The molecule has 1 N–H and O–H groups in total. The first-order valence-corrected chi connectivity index (χ1v) is 9.25. The van der Waals surface area contributed by atoms with Crippen LogP contribution in [0.3, 0.4) is 0 Å². The normalized spacial score (nSPS) is 28.8. The third-order valence-electron chi connectivity index (χ3n) is 5.91. The summed E-state index contributed by atoms with van der Waals surface area (Å²) in [7, 11) is 5.48. The van der Waals surface area contributed by atoms with Gasteiger partial charge in [0.2, 0.25) is 0 Å². The topological polar surface area (TPSA) is 41.9 Å². The summed E-state index contributed by atoms with van der Waals surface area (Å²) < 4.78 is 11.0. The van der Waals surface area contributed by atoms with Gasteiger partial charge >= 0.3 is 0 Å². The number of likely N-dealkylation sites (N-methyl/N-ethyl adjacent to an activating group) is 1. The molecular formula is C21H31NO3. The lowest BCUT2D eigenvalue weighted by Gasteiger charge is -2.42. The van der Waals surface area contributed by atoms with Gasteiger partial charge in [0.15, 0.2) is 11.5 Å². The molecule has 2 aliphatic rings. The Bertz CT molecular complexity index is 655. The maximum absolute atomic E-state index is 10.7. The standard InChI is InChI=1S/C21H31NO3/c1-14(2)10-15-13-21(8-9-22(3)20(21)12-17(15)23)16-6-7-18(24-4)19(11-16)25-5/h6-7,11-12,14-15,17,23H,8-10,13H2,1-5H3/t15?,17-,21-/m1/s1. The Balaban J connectivity index is 2.06. The third-order valence-corrected chi connectivity index (χ3v) is 5.91. The summed E-state index contributed by atoms with van der Waals surface area (Å²) in [5.41, 5.74) is 2.49. The molecule has 25 heavy (non-hydrogen) atoms. The molecule has 3 atom stereocenters. The minimum absolute atomic E-state index is 0.0346. The lowest BCUT2D eigenvalue weighted by atomic mass is 9.65. The van der Waals surface area contributed by atoms with Crippen LogP contribution >= 0.6 is 0 Å². The molecule has 0 saturated carbocycles. The number of hydrogen-bond acceptors (Lipinski definition) is 4. The highest BCUT2D eigenvalue weighted by Crippen LogP contribution is 2.52. The molecular weight excluding hydrogens is 314 g/mol. The van der Waals surface area contributed by atoms with Crippen molar-refractivity contribution in [3.8, 4) is 11.5 Å². The van der Waals surface area contributed by atoms with E-state index in [9.17, 15) is 5.11 Å². The molecule has 0 radical (unpaired) electrons. The van der Waals surface area contributed by atoms with Crippen molar-refractivity contribution in [3.05, 3.63) is 35.5 Å². The fourth-order valence-corrected chi connectivity index (χ4v) is 4.70. The van der Waals surface area contributed by atoms with Crippen LogP contribution in [0.15, 0.2) is 30.0 Å². The molecule has 1 aliphatic carbocycles. The summed E-state index contributed by atoms with van der Waals surface area (Å²) in [5, 5.41) is 10.7. The summed E-state index contributed by atoms with van der Waals surface area (Å²) in [6, 6.07) is 6.29. The van der Waals surface area contributed by atoms with E-state index >= 15 is 0 Å². The third kappa shape index (κ3) is 3.12. The van der Waals surface area contributed by atoms with Gasteiger partial charge in [0, 0.05) is 24.7 Å². The van der Waals surface area contributed by atoms with E-state index in [1.54, 1.807) is 14.2 Å². The minimum Gasteiger partial charge on any atom is -0.493 e. The van der Waals surface area contributed by atoms with Gasteiger partial charge in [-0.1, -0.05) is 19.9 Å². The van der Waals surface area contributed by atoms with Crippen LogP contribution in [0, 0.1) is 11.8 Å². The van der Waals surface area contributed by atoms with E-state index in [2.05, 4.69) is 44.0 Å². The molecule has 4 heteroatoms. The van der Waals surface area contributed by atoms with Crippen LogP contribution in [-0.4, -0.2) is 43.9 Å². The van der Waals surface area contributed by atoms with Gasteiger partial charge < -0.3 is 19.5 Å². The first-order valence-electron chi connectivity index (χ1n) is 9.25. The smallest absolute Gasteiger partial charge is 0.161 e. The number of ether oxygens (including phenoxy) is 2. The quantitative estimate of drug-likeness (QED) is 0.885. The number of nitrogens with zero attached hydrogens (tertiary/aromatic N) is 1. The summed E-state index contributed by atoms with van der Waals surface area (Å²) in [5.74, 6) is 2.41. The van der Waals surface area contributed by atoms with Gasteiger partial charge in [-0.05, 0) is 54.9 Å². The van der Waals surface area contributed by atoms with E-state index in [0.717, 1.165) is 37.3 Å². The van der Waals surface area contributed by atoms with Crippen molar-refractivity contribution in [3.63, 3.8) is 0 Å². The van der Waals surface area contributed by atoms with Gasteiger partial charge in [-0.2, -0.15) is 0 Å². The molecule has 1 fully saturated rings. The van der Waals surface area contributed by atoms with Gasteiger partial charge in [0.25, 0.3) is 0 Å². The fraction of sp³-hybridized carbons (Fsp3) is 0.619. The molecule has 0 aromatic heterocycles. The van der Waals surface area contributed by atoms with Crippen molar-refractivity contribution < 1.29 is 14.6 Å². The Hall–Kier alpha value is -1.68. The Kier molecular flexibility index (Phi) is 5.01. The van der Waals surface area contributed by atoms with E-state index < -0.39 is 0 Å². The Morgan fingerprint density at radius 3 is 2.60 bits per heavy atom. The molecule has 1 unspecified atom stereocenters. The van der Waals surface area contributed by atoms with Crippen molar-refractivity contribution in [1.29, 1.82) is 0 Å². The van der Waals surface area contributed by atoms with Gasteiger partial charge in [0.05, 0.1) is 20.3 Å². The number of allylic oxidation sites excluding steroid dienone is 1. The number of benzene rings is 1. The van der Waals surface area contributed by atoms with Gasteiger partial charge in [-0.25, -0.2) is 0 Å². The number of fused-ring (bicyclic) bond motifs is 1. The van der Waals surface area contributed by atoms with Crippen LogP contribution in [0.2, 0.25) is 0 Å². The van der Waals surface area contributed by atoms with Gasteiger partial charge in [-0.3, -0.25) is 0 Å². The molecule has 4 nitrogen and oxygen atoms in total. The van der Waals surface area contributed by atoms with Crippen LogP contribution in [0.4, 0.5) is 0 Å². The van der Waals surface area contributed by atoms with Crippen LogP contribution in [0.1, 0.15) is 38.7 Å². The molecule has 0 bridgehead atoms. The first-order chi connectivity index (χ1) is 11.9. The van der Waals surface area contributed by atoms with Crippen LogP contribution in [0.25, 0.3) is 0 Å². The van der Waals surface area contributed by atoms with E-state index in [1.165, 1.54) is 11.3 Å². The number of aliphatic hydroxyl groups is 1. The van der Waals surface area contributed by atoms with Crippen LogP contribution < -0.4 is 9.47 Å². The molecule has 3 rings (SSSR count). The van der Waals surface area contributed by atoms with Crippen molar-refractivity contribution in [2.75, 3.05) is 27.8 Å². The minimum atomic E-state index is -0.355. The second-order valence-corrected chi connectivity index (χ2v) is 7.96. The monoisotopic (exact) mass is 345 g/mol. The zero-order chi connectivity index (χ0) is 18.2. The molecule has 0 amide bonds. The van der Waals surface area contributed by atoms with Crippen molar-refractivity contribution >= 4 is 0 Å². The van der Waals surface area contributed by atoms with E-state index in [0.29, 0.717) is 11.8 Å². The summed E-state index contributed by atoms with van der Waals surface area (Å²) in [6.45, 7) is 5.48. The molecule has 1 heterocycles. The molecule has 1 saturated heterocycles. The Morgan fingerprint density at radius 2 is 1.96 bits per heavy atom. The number of methoxy groups -OCH3 is 2. The maximum atomic E-state index is 10.7. The van der Waals surface area contributed by atoms with E-state index in [-0.39, 0.29) is 11.5 Å². The number of hydrogen-bond donors (Lipinski definition) is 1. The van der Waals surface area contributed by atoms with E-state index in [1.807, 2.05) is 6.07 Å². The Labute approximate surface area is 151 Å². The summed E-state index contributed by atoms with van der Waals surface area (Å²) in [6.07, 6.45) is 4.85. The predicted molar refractivity (Wildman–Crippen MR) is 100 cm³/mol. The Morgan fingerprint density at radius 1 is 1.24 bits per heavy atom. The predicted octanol–water partition coefficient (Wildman–Crippen LogP) is 3.59. The molecule has 1 aromatic rings. The molecule has 138 valence electrons. The zero-order valence-electron chi connectivity index (χ0n) is 16.1. The second kappa shape index (κ2) is 6.91. The molecule has 1 aromatic carbocycles. The maximum Gasteiger partial charge on any atom is 0.161 e. The number of aliphatic hydroxyl groups excluding tert-OH is 1. The van der Waals surface area contributed by atoms with E-state index in [4.69, 9.17) is 9.47 Å². The highest BCUT2D eigenvalue weighted by molar-refractivity contribution is 5.49. The largest absolute Gasteiger partial charge is 0.493 e. The van der Waals surface area contributed by atoms with Gasteiger partial charge in [0.1, 0.15) is 0 Å². The first kappa shape index (κ1) is 18.1. The lowest BCUT2D eigenvalue weighted by molar-refractivity contribution is 0.100. The lowest BCUT2D eigenvalue weighted by Crippen LogP contribution is -2.39. The molecule has 1 aliphatic heterocycles. The number of likely N-dealkylation sites (tertiary alicyclic amines) is 1. The SMILES string of the molecule is COc1ccc([C@]23CCN(C)C2=C[C@@H](O)C(CC(C)C)C3)cc1OC. The summed E-state index contributed by atoms with van der Waals surface area (Å²) in [4.78, 5) is 2.30. The highest BCUT2D eigenvalue weighted by Gasteiger charge is 2.48. The average molecular weight is 345 g/mol. The highest BCUT2D eigenvalue weighted by atomic mass is 16.5. The second-order valence-electron chi connectivity index (χ2n) is 7.96. The van der Waals surface area contributed by atoms with Crippen molar-refractivity contribution in [2.24, 2.45) is 11.8 Å². The molecule has 0 spiro atoms. The average Bonchev–Trinajstić information content (AvgIpc) is 2.91. The van der Waals surface area contributed by atoms with Crippen LogP contribution in [-0.2, 0) is 5.41 Å². The number of rotatable bonds is 5. The summed E-state index contributed by atoms with van der Waals surface area (Å²) >= 11 is 0. The zero-order valence-corrected chi connectivity index (χ0v) is 16.1.